The summed E-state index contributed by atoms with van der Waals surface area (Å²) in [6, 6.07) is 5.36. The van der Waals surface area contributed by atoms with Crippen molar-refractivity contribution in [3.63, 3.8) is 0 Å². The zero-order chi connectivity index (χ0) is 12.6. The van der Waals surface area contributed by atoms with Gasteiger partial charge in [0.1, 0.15) is 5.75 Å². The van der Waals surface area contributed by atoms with Crippen LogP contribution in [0.1, 0.15) is 30.1 Å². The molecule has 0 aliphatic heterocycles. The van der Waals surface area contributed by atoms with Crippen LogP contribution in [-0.4, -0.2) is 32.7 Å². The molecule has 0 aliphatic carbocycles. The molecule has 0 aliphatic rings. The topological polar surface area (TPSA) is 98.0 Å². The van der Waals surface area contributed by atoms with Crippen molar-refractivity contribution in [2.45, 2.75) is 26.1 Å². The second kappa shape index (κ2) is 7.67. The molecule has 5 heteroatoms. The summed E-state index contributed by atoms with van der Waals surface area (Å²) >= 11 is 0. The highest BCUT2D eigenvalue weighted by molar-refractivity contribution is 5.87. The van der Waals surface area contributed by atoms with Crippen molar-refractivity contribution >= 4 is 5.97 Å². The van der Waals surface area contributed by atoms with E-state index in [-0.39, 0.29) is 11.3 Å². The number of aliphatic hydroxyl groups is 2. The van der Waals surface area contributed by atoms with Gasteiger partial charge in [0.2, 0.25) is 0 Å². The maximum absolute atomic E-state index is 10.2. The molecular formula is C11H16O5. The van der Waals surface area contributed by atoms with Crippen molar-refractivity contribution in [3.05, 3.63) is 29.8 Å². The number of hydrogen-bond acceptors (Lipinski definition) is 4. The van der Waals surface area contributed by atoms with E-state index in [1.54, 1.807) is 0 Å². The summed E-state index contributed by atoms with van der Waals surface area (Å²) in [5.74, 6) is -0.912. The van der Waals surface area contributed by atoms with Crippen LogP contribution in [0, 0.1) is 0 Å². The standard InChI is InChI=1S/C7H6O3.C4H10O2/c8-6-3-1-5(2-4-6)7(9)10;1-2-3-4(5)6/h1-4,8H,(H,9,10);4-6H,2-3H2,1H3. The number of hydrogen-bond donors (Lipinski definition) is 4. The molecule has 90 valence electrons. The van der Waals surface area contributed by atoms with Crippen LogP contribution in [0.2, 0.25) is 0 Å². The number of phenols is 1. The van der Waals surface area contributed by atoms with Crippen LogP contribution in [0.25, 0.3) is 0 Å². The number of aliphatic hydroxyl groups excluding tert-OH is 1. The quantitative estimate of drug-likeness (QED) is 0.582. The normalized spacial score (nSPS) is 9.50. The van der Waals surface area contributed by atoms with E-state index in [9.17, 15) is 4.79 Å². The molecule has 0 spiro atoms. The van der Waals surface area contributed by atoms with Gasteiger partial charge in [-0.1, -0.05) is 13.3 Å². The Hall–Kier alpha value is -1.59. The smallest absolute Gasteiger partial charge is 0.335 e. The molecule has 4 N–H and O–H groups in total. The minimum Gasteiger partial charge on any atom is -0.508 e. The number of phenolic OH excluding ortho intramolecular Hbond substituents is 1. The molecule has 1 aromatic rings. The van der Waals surface area contributed by atoms with Crippen LogP contribution in [0.5, 0.6) is 5.75 Å². The molecule has 0 saturated heterocycles. The number of carboxylic acids is 1. The van der Waals surface area contributed by atoms with E-state index in [4.69, 9.17) is 20.4 Å². The molecule has 0 heterocycles. The lowest BCUT2D eigenvalue weighted by Crippen LogP contribution is -2.01. The Morgan fingerprint density at radius 2 is 1.75 bits per heavy atom. The lowest BCUT2D eigenvalue weighted by molar-refractivity contribution is -0.0453. The fraction of sp³-hybridized carbons (Fsp3) is 0.364. The summed E-state index contributed by atoms with van der Waals surface area (Å²) in [6.45, 7) is 1.90. The Labute approximate surface area is 93.6 Å². The van der Waals surface area contributed by atoms with Gasteiger partial charge in [-0.3, -0.25) is 0 Å². The van der Waals surface area contributed by atoms with E-state index in [1.807, 2.05) is 6.92 Å². The zero-order valence-corrected chi connectivity index (χ0v) is 9.00. The molecule has 1 rings (SSSR count). The highest BCUT2D eigenvalue weighted by Crippen LogP contribution is 2.08. The molecule has 5 nitrogen and oxygen atoms in total. The molecule has 0 aromatic heterocycles. The Kier molecular flexibility index (Phi) is 6.91. The first-order valence-electron chi connectivity index (χ1n) is 4.85. The first kappa shape index (κ1) is 14.4. The molecule has 0 bridgehead atoms. The Balaban J connectivity index is 0.000000325. The van der Waals surface area contributed by atoms with Crippen LogP contribution < -0.4 is 0 Å². The summed E-state index contributed by atoms with van der Waals surface area (Å²) in [7, 11) is 0. The zero-order valence-electron chi connectivity index (χ0n) is 9.00. The van der Waals surface area contributed by atoms with E-state index in [0.29, 0.717) is 6.42 Å². The molecule has 0 atom stereocenters. The third kappa shape index (κ3) is 6.80. The highest BCUT2D eigenvalue weighted by atomic mass is 16.5. The van der Waals surface area contributed by atoms with Crippen molar-refractivity contribution in [1.82, 2.24) is 0 Å². The van der Waals surface area contributed by atoms with E-state index in [2.05, 4.69) is 0 Å². The van der Waals surface area contributed by atoms with Crippen LogP contribution in [0.3, 0.4) is 0 Å². The summed E-state index contributed by atoms with van der Waals surface area (Å²) in [4.78, 5) is 10.2. The number of rotatable bonds is 3. The number of aromatic hydroxyl groups is 1. The van der Waals surface area contributed by atoms with Crippen LogP contribution >= 0.6 is 0 Å². The maximum atomic E-state index is 10.2. The second-order valence-electron chi connectivity index (χ2n) is 3.12. The summed E-state index contributed by atoms with van der Waals surface area (Å²) in [6.07, 6.45) is 0.215. The molecular weight excluding hydrogens is 212 g/mol. The number of aromatic carboxylic acids is 1. The highest BCUT2D eigenvalue weighted by Gasteiger charge is 1.99. The molecule has 1 aromatic carbocycles. The van der Waals surface area contributed by atoms with Gasteiger partial charge in [0.05, 0.1) is 5.56 Å². The van der Waals surface area contributed by atoms with Gasteiger partial charge < -0.3 is 20.4 Å². The lowest BCUT2D eigenvalue weighted by atomic mass is 10.2. The largest absolute Gasteiger partial charge is 0.508 e. The SMILES string of the molecule is CCCC(O)O.O=C(O)c1ccc(O)cc1. The summed E-state index contributed by atoms with van der Waals surface area (Å²) in [5, 5.41) is 33.4. The number of carboxylic acid groups (broad SMARTS) is 1. The second-order valence-corrected chi connectivity index (χ2v) is 3.12. The van der Waals surface area contributed by atoms with Crippen molar-refractivity contribution in [1.29, 1.82) is 0 Å². The third-order valence-corrected chi connectivity index (χ3v) is 1.66. The van der Waals surface area contributed by atoms with E-state index in [1.165, 1.54) is 24.3 Å². The maximum Gasteiger partial charge on any atom is 0.335 e. The van der Waals surface area contributed by atoms with Crippen LogP contribution in [-0.2, 0) is 0 Å². The molecule has 16 heavy (non-hydrogen) atoms. The number of benzene rings is 1. The van der Waals surface area contributed by atoms with Crippen molar-refractivity contribution in [2.75, 3.05) is 0 Å². The van der Waals surface area contributed by atoms with Gasteiger partial charge in [-0.25, -0.2) is 4.79 Å². The van der Waals surface area contributed by atoms with Crippen molar-refractivity contribution in [2.24, 2.45) is 0 Å². The first-order chi connectivity index (χ1) is 7.47. The van der Waals surface area contributed by atoms with E-state index >= 15 is 0 Å². The summed E-state index contributed by atoms with van der Waals surface area (Å²) in [5.41, 5.74) is 0.179. The predicted molar refractivity (Wildman–Crippen MR) is 58.2 cm³/mol. The first-order valence-corrected chi connectivity index (χ1v) is 4.85. The summed E-state index contributed by atoms with van der Waals surface area (Å²) < 4.78 is 0. The van der Waals surface area contributed by atoms with Gasteiger partial charge in [-0.2, -0.15) is 0 Å². The number of carbonyl (C=O) groups is 1. The van der Waals surface area contributed by atoms with Gasteiger partial charge in [-0.05, 0) is 30.7 Å². The third-order valence-electron chi connectivity index (χ3n) is 1.66. The fourth-order valence-electron chi connectivity index (χ4n) is 0.862. The van der Waals surface area contributed by atoms with Crippen LogP contribution in [0.4, 0.5) is 0 Å². The fourth-order valence-corrected chi connectivity index (χ4v) is 0.862. The minimum absolute atomic E-state index is 0.0741. The Morgan fingerprint density at radius 3 is 2.00 bits per heavy atom. The molecule has 0 fully saturated rings. The van der Waals surface area contributed by atoms with Gasteiger partial charge in [0, 0.05) is 0 Å². The van der Waals surface area contributed by atoms with Gasteiger partial charge in [0.15, 0.2) is 6.29 Å². The molecule has 0 saturated carbocycles. The lowest BCUT2D eigenvalue weighted by Gasteiger charge is -1.94. The Morgan fingerprint density at radius 1 is 1.25 bits per heavy atom. The van der Waals surface area contributed by atoms with Gasteiger partial charge in [-0.15, -0.1) is 0 Å². The van der Waals surface area contributed by atoms with Gasteiger partial charge in [0.25, 0.3) is 0 Å². The average Bonchev–Trinajstić information content (AvgIpc) is 2.19. The predicted octanol–water partition coefficient (Wildman–Crippen LogP) is 1.19. The Bertz CT molecular complexity index is 305. The minimum atomic E-state index is -1.10. The monoisotopic (exact) mass is 228 g/mol. The molecule has 0 unspecified atom stereocenters. The van der Waals surface area contributed by atoms with Crippen molar-refractivity contribution in [3.8, 4) is 5.75 Å². The van der Waals surface area contributed by atoms with E-state index < -0.39 is 12.3 Å². The van der Waals surface area contributed by atoms with Crippen molar-refractivity contribution < 1.29 is 25.2 Å². The van der Waals surface area contributed by atoms with Crippen LogP contribution in [0.15, 0.2) is 24.3 Å². The van der Waals surface area contributed by atoms with E-state index in [0.717, 1.165) is 6.42 Å². The average molecular weight is 228 g/mol. The molecule has 0 radical (unpaired) electrons. The van der Waals surface area contributed by atoms with Gasteiger partial charge >= 0.3 is 5.97 Å². The molecule has 0 amide bonds.